The van der Waals surface area contributed by atoms with Gasteiger partial charge in [-0.1, -0.05) is 12.1 Å². The summed E-state index contributed by atoms with van der Waals surface area (Å²) in [7, 11) is -1.98. The Bertz CT molecular complexity index is 584. The van der Waals surface area contributed by atoms with E-state index in [1.165, 1.54) is 19.2 Å². The van der Waals surface area contributed by atoms with Crippen molar-refractivity contribution in [3.05, 3.63) is 29.8 Å². The maximum absolute atomic E-state index is 12.2. The smallest absolute Gasteiger partial charge is 0.306 e. The van der Waals surface area contributed by atoms with E-state index in [4.69, 9.17) is 0 Å². The molecule has 1 N–H and O–H groups in total. The highest BCUT2D eigenvalue weighted by atomic mass is 32.2. The number of benzene rings is 1. The van der Waals surface area contributed by atoms with Crippen LogP contribution in [0.5, 0.6) is 5.75 Å². The second kappa shape index (κ2) is 5.44. The zero-order valence-electron chi connectivity index (χ0n) is 11.3. The molecule has 0 heterocycles. The summed E-state index contributed by atoms with van der Waals surface area (Å²) in [5.41, 5.74) is 0.208. The van der Waals surface area contributed by atoms with E-state index in [1.807, 2.05) is 0 Å². The summed E-state index contributed by atoms with van der Waals surface area (Å²) >= 11 is 0. The lowest BCUT2D eigenvalue weighted by molar-refractivity contribution is -0.141. The van der Waals surface area contributed by atoms with Crippen molar-refractivity contribution in [2.45, 2.75) is 25.0 Å². The predicted octanol–water partition coefficient (Wildman–Crippen LogP) is 1.65. The average Bonchev–Trinajstić information content (AvgIpc) is 3.10. The maximum atomic E-state index is 12.2. The van der Waals surface area contributed by atoms with Gasteiger partial charge in [0.05, 0.1) is 25.0 Å². The van der Waals surface area contributed by atoms with Crippen molar-refractivity contribution in [3.63, 3.8) is 0 Å². The number of carbonyl (C=O) groups is 1. The number of hydrogen-bond donors (Lipinski definition) is 1. The molecule has 0 saturated heterocycles. The van der Waals surface area contributed by atoms with Crippen LogP contribution in [0.25, 0.3) is 0 Å². The standard InChI is InChI=1S/C14H18O5S/c1-19-13(16)8-14(6-7-14)10-20(17,18)9-11-2-4-12(15)5-3-11/h2-5,15H,6-10H2,1H3. The van der Waals surface area contributed by atoms with Gasteiger partial charge in [0.1, 0.15) is 5.75 Å². The van der Waals surface area contributed by atoms with Crippen LogP contribution in [0.4, 0.5) is 0 Å². The van der Waals surface area contributed by atoms with E-state index in [9.17, 15) is 18.3 Å². The molecule has 1 aromatic carbocycles. The highest BCUT2D eigenvalue weighted by molar-refractivity contribution is 7.90. The molecule has 1 fully saturated rings. The van der Waals surface area contributed by atoms with Gasteiger partial charge in [0.25, 0.3) is 0 Å². The van der Waals surface area contributed by atoms with Crippen LogP contribution in [0.3, 0.4) is 0 Å². The van der Waals surface area contributed by atoms with Gasteiger partial charge in [0.15, 0.2) is 9.84 Å². The minimum Gasteiger partial charge on any atom is -0.508 e. The van der Waals surface area contributed by atoms with Crippen molar-refractivity contribution in [1.29, 1.82) is 0 Å². The van der Waals surface area contributed by atoms with Crippen molar-refractivity contribution < 1.29 is 23.1 Å². The Morgan fingerprint density at radius 2 is 1.90 bits per heavy atom. The van der Waals surface area contributed by atoms with Crippen LogP contribution in [-0.4, -0.2) is 32.4 Å². The summed E-state index contributed by atoms with van der Waals surface area (Å²) < 4.78 is 29.0. The van der Waals surface area contributed by atoms with Crippen molar-refractivity contribution in [1.82, 2.24) is 0 Å². The summed E-state index contributed by atoms with van der Waals surface area (Å²) in [6.45, 7) is 0. The summed E-state index contributed by atoms with van der Waals surface area (Å²) in [4.78, 5) is 11.3. The molecule has 6 heteroatoms. The number of aromatic hydroxyl groups is 1. The van der Waals surface area contributed by atoms with Gasteiger partial charge in [0.2, 0.25) is 0 Å². The molecule has 110 valence electrons. The summed E-state index contributed by atoms with van der Waals surface area (Å²) in [6.07, 6.45) is 1.66. The van der Waals surface area contributed by atoms with Crippen molar-refractivity contribution >= 4 is 15.8 Å². The molecule has 0 unspecified atom stereocenters. The third-order valence-electron chi connectivity index (χ3n) is 3.55. The van der Waals surface area contributed by atoms with Crippen molar-refractivity contribution in [2.75, 3.05) is 12.9 Å². The van der Waals surface area contributed by atoms with Gasteiger partial charge >= 0.3 is 5.97 Å². The van der Waals surface area contributed by atoms with Crippen LogP contribution in [0.15, 0.2) is 24.3 Å². The molecule has 0 radical (unpaired) electrons. The topological polar surface area (TPSA) is 80.7 Å². The fourth-order valence-corrected chi connectivity index (χ4v) is 4.42. The predicted molar refractivity (Wildman–Crippen MR) is 73.9 cm³/mol. The highest BCUT2D eigenvalue weighted by Gasteiger charge is 2.47. The summed E-state index contributed by atoms with van der Waals surface area (Å²) in [5, 5.41) is 9.18. The number of rotatable bonds is 6. The zero-order valence-corrected chi connectivity index (χ0v) is 12.1. The van der Waals surface area contributed by atoms with Crippen LogP contribution in [-0.2, 0) is 25.1 Å². The Morgan fingerprint density at radius 3 is 2.40 bits per heavy atom. The maximum Gasteiger partial charge on any atom is 0.306 e. The van der Waals surface area contributed by atoms with Gasteiger partial charge < -0.3 is 9.84 Å². The molecular weight excluding hydrogens is 280 g/mol. The van der Waals surface area contributed by atoms with E-state index in [0.717, 1.165) is 12.8 Å². The normalized spacial score (nSPS) is 16.6. The average molecular weight is 298 g/mol. The first-order chi connectivity index (χ1) is 9.34. The molecule has 5 nitrogen and oxygen atoms in total. The Morgan fingerprint density at radius 1 is 1.30 bits per heavy atom. The molecule has 0 aromatic heterocycles. The van der Waals surface area contributed by atoms with E-state index in [2.05, 4.69) is 4.74 Å². The number of hydrogen-bond acceptors (Lipinski definition) is 5. The van der Waals surface area contributed by atoms with E-state index < -0.39 is 15.3 Å². The van der Waals surface area contributed by atoms with Crippen LogP contribution in [0, 0.1) is 5.41 Å². The lowest BCUT2D eigenvalue weighted by atomic mass is 10.1. The molecule has 0 bridgehead atoms. The number of methoxy groups -OCH3 is 1. The molecule has 1 aromatic rings. The number of phenols is 1. The van der Waals surface area contributed by atoms with Gasteiger partial charge in [-0.3, -0.25) is 4.79 Å². The Labute approximate surface area is 118 Å². The molecule has 20 heavy (non-hydrogen) atoms. The monoisotopic (exact) mass is 298 g/mol. The van der Waals surface area contributed by atoms with Gasteiger partial charge in [-0.15, -0.1) is 0 Å². The summed E-state index contributed by atoms with van der Waals surface area (Å²) in [6, 6.07) is 6.11. The summed E-state index contributed by atoms with van der Waals surface area (Å²) in [5.74, 6) is -0.315. The first-order valence-electron chi connectivity index (χ1n) is 6.39. The zero-order chi connectivity index (χ0) is 14.8. The van der Waals surface area contributed by atoms with Crippen LogP contribution >= 0.6 is 0 Å². The second-order valence-corrected chi connectivity index (χ2v) is 7.52. The quantitative estimate of drug-likeness (QED) is 0.808. The molecule has 1 saturated carbocycles. The third kappa shape index (κ3) is 3.96. The molecule has 1 aliphatic carbocycles. The van der Waals surface area contributed by atoms with Gasteiger partial charge in [-0.2, -0.15) is 0 Å². The number of phenolic OH excluding ortho intramolecular Hbond substituents is 1. The Kier molecular flexibility index (Phi) is 4.04. The molecule has 0 aliphatic heterocycles. The molecule has 0 spiro atoms. The first-order valence-corrected chi connectivity index (χ1v) is 8.21. The van der Waals surface area contributed by atoms with Gasteiger partial charge in [0, 0.05) is 0 Å². The van der Waals surface area contributed by atoms with Crippen molar-refractivity contribution in [3.8, 4) is 5.75 Å². The number of esters is 1. The molecule has 2 rings (SSSR count). The SMILES string of the molecule is COC(=O)CC1(CS(=O)(=O)Cc2ccc(O)cc2)CC1. The number of ether oxygens (including phenoxy) is 1. The van der Waals surface area contributed by atoms with Crippen LogP contribution < -0.4 is 0 Å². The Hall–Kier alpha value is -1.56. The Balaban J connectivity index is 2.01. The van der Waals surface area contributed by atoms with Crippen LogP contribution in [0.1, 0.15) is 24.8 Å². The fourth-order valence-electron chi connectivity index (χ4n) is 2.29. The first kappa shape index (κ1) is 14.8. The van der Waals surface area contributed by atoms with Crippen molar-refractivity contribution in [2.24, 2.45) is 5.41 Å². The van der Waals surface area contributed by atoms with Gasteiger partial charge in [-0.25, -0.2) is 8.42 Å². The van der Waals surface area contributed by atoms with E-state index in [0.29, 0.717) is 5.56 Å². The number of sulfone groups is 1. The molecule has 1 aliphatic rings. The molecular formula is C14H18O5S. The lowest BCUT2D eigenvalue weighted by Crippen LogP contribution is -2.22. The van der Waals surface area contributed by atoms with E-state index >= 15 is 0 Å². The minimum atomic E-state index is -3.29. The molecule has 0 amide bonds. The van der Waals surface area contributed by atoms with E-state index in [1.54, 1.807) is 12.1 Å². The fraction of sp³-hybridized carbons (Fsp3) is 0.500. The second-order valence-electron chi connectivity index (χ2n) is 5.45. The van der Waals surface area contributed by atoms with Gasteiger partial charge in [-0.05, 0) is 36.0 Å². The molecule has 0 atom stereocenters. The lowest BCUT2D eigenvalue weighted by Gasteiger charge is -2.14. The third-order valence-corrected chi connectivity index (χ3v) is 5.38. The largest absolute Gasteiger partial charge is 0.508 e. The van der Waals surface area contributed by atoms with E-state index in [-0.39, 0.29) is 29.6 Å². The highest BCUT2D eigenvalue weighted by Crippen LogP contribution is 2.50. The van der Waals surface area contributed by atoms with Crippen LogP contribution in [0.2, 0.25) is 0 Å². The minimum absolute atomic E-state index is 0.00990. The number of carbonyl (C=O) groups excluding carboxylic acids is 1.